The van der Waals surface area contributed by atoms with Crippen molar-refractivity contribution < 1.29 is 18.0 Å². The molecular weight excluding hydrogens is 357 g/mol. The summed E-state index contributed by atoms with van der Waals surface area (Å²) in [7, 11) is 0. The summed E-state index contributed by atoms with van der Waals surface area (Å²) in [5, 5.41) is 11.0. The van der Waals surface area contributed by atoms with Crippen LogP contribution in [0.5, 0.6) is 0 Å². The standard InChI is InChI=1S/C19H21F3N4O/c1-18(11-16(25-26-18)12-6-4-3-5-7-12)17(27)24-13-8-9-15(23-2)14(10-13)19(20,21)22/h8-10,12,16H,3-7,11H2,1H3,(H,24,27). The van der Waals surface area contributed by atoms with E-state index in [0.29, 0.717) is 12.3 Å². The van der Waals surface area contributed by atoms with E-state index >= 15 is 0 Å². The van der Waals surface area contributed by atoms with Gasteiger partial charge in [0, 0.05) is 12.1 Å². The van der Waals surface area contributed by atoms with E-state index in [-0.39, 0.29) is 11.7 Å². The summed E-state index contributed by atoms with van der Waals surface area (Å²) < 4.78 is 39.3. The number of hydrogen-bond donors (Lipinski definition) is 1. The van der Waals surface area contributed by atoms with E-state index in [2.05, 4.69) is 20.4 Å². The zero-order chi connectivity index (χ0) is 19.7. The fraction of sp³-hybridized carbons (Fsp3) is 0.579. The lowest BCUT2D eigenvalue weighted by atomic mass is 9.80. The maximum absolute atomic E-state index is 13.1. The number of hydrogen-bond acceptors (Lipinski definition) is 3. The van der Waals surface area contributed by atoms with Gasteiger partial charge in [0.2, 0.25) is 0 Å². The Morgan fingerprint density at radius 3 is 2.63 bits per heavy atom. The van der Waals surface area contributed by atoms with Gasteiger partial charge in [-0.3, -0.25) is 4.79 Å². The average molecular weight is 378 g/mol. The SMILES string of the molecule is [C-]#[N+]c1ccc(NC(=O)C2(C)CC(C3CCCCC3)N=N2)cc1C(F)(F)F. The van der Waals surface area contributed by atoms with E-state index in [1.165, 1.54) is 12.5 Å². The van der Waals surface area contributed by atoms with E-state index in [0.717, 1.165) is 37.8 Å². The number of nitrogens with zero attached hydrogens (tertiary/aromatic N) is 3. The van der Waals surface area contributed by atoms with Gasteiger partial charge >= 0.3 is 6.18 Å². The van der Waals surface area contributed by atoms with E-state index in [9.17, 15) is 18.0 Å². The zero-order valence-corrected chi connectivity index (χ0v) is 15.0. The highest BCUT2D eigenvalue weighted by Crippen LogP contribution is 2.40. The first kappa shape index (κ1) is 19.3. The molecule has 1 N–H and O–H groups in total. The first-order chi connectivity index (χ1) is 12.7. The largest absolute Gasteiger partial charge is 0.407 e. The number of halogens is 3. The maximum atomic E-state index is 13.1. The molecule has 1 aliphatic carbocycles. The van der Waals surface area contributed by atoms with Crippen molar-refractivity contribution in [3.8, 4) is 0 Å². The first-order valence-electron chi connectivity index (χ1n) is 9.05. The average Bonchev–Trinajstić information content (AvgIpc) is 3.05. The van der Waals surface area contributed by atoms with Gasteiger partial charge in [-0.05, 0) is 37.8 Å². The van der Waals surface area contributed by atoms with Gasteiger partial charge in [0.25, 0.3) is 5.91 Å². The highest BCUT2D eigenvalue weighted by Gasteiger charge is 2.43. The number of carbonyl (C=O) groups is 1. The quantitative estimate of drug-likeness (QED) is 0.668. The van der Waals surface area contributed by atoms with Crippen molar-refractivity contribution in [2.75, 3.05) is 5.32 Å². The van der Waals surface area contributed by atoms with E-state index in [1.54, 1.807) is 6.92 Å². The minimum absolute atomic E-state index is 0.00253. The van der Waals surface area contributed by atoms with Crippen molar-refractivity contribution in [1.82, 2.24) is 0 Å². The molecule has 0 radical (unpaired) electrons. The third kappa shape index (κ3) is 4.12. The Morgan fingerprint density at radius 1 is 1.30 bits per heavy atom. The summed E-state index contributed by atoms with van der Waals surface area (Å²) in [5.74, 6) is -0.0554. The highest BCUT2D eigenvalue weighted by atomic mass is 19.4. The smallest absolute Gasteiger partial charge is 0.324 e. The van der Waals surface area contributed by atoms with Gasteiger partial charge in [0.1, 0.15) is 0 Å². The van der Waals surface area contributed by atoms with Crippen molar-refractivity contribution in [1.29, 1.82) is 0 Å². The number of azo groups is 1. The second-order valence-electron chi connectivity index (χ2n) is 7.45. The van der Waals surface area contributed by atoms with Gasteiger partial charge in [-0.25, -0.2) is 4.85 Å². The van der Waals surface area contributed by atoms with Crippen LogP contribution in [0.2, 0.25) is 0 Å². The molecule has 1 amide bonds. The zero-order valence-electron chi connectivity index (χ0n) is 15.0. The van der Waals surface area contributed by atoms with E-state index < -0.39 is 28.9 Å². The number of anilines is 1. The fourth-order valence-corrected chi connectivity index (χ4v) is 3.81. The number of carbonyl (C=O) groups excluding carboxylic acids is 1. The van der Waals surface area contributed by atoms with Crippen LogP contribution >= 0.6 is 0 Å². The molecule has 1 heterocycles. The molecule has 1 saturated carbocycles. The number of nitrogens with one attached hydrogen (secondary N) is 1. The molecule has 5 nitrogen and oxygen atoms in total. The van der Waals surface area contributed by atoms with Crippen molar-refractivity contribution >= 4 is 17.3 Å². The molecule has 8 heteroatoms. The molecule has 2 unspecified atom stereocenters. The number of benzene rings is 1. The predicted octanol–water partition coefficient (Wildman–Crippen LogP) is 5.76. The molecule has 0 spiro atoms. The molecule has 2 atom stereocenters. The number of amides is 1. The molecule has 0 bridgehead atoms. The molecule has 144 valence electrons. The molecule has 1 aromatic carbocycles. The molecular formula is C19H21F3N4O. The summed E-state index contributed by atoms with van der Waals surface area (Å²) >= 11 is 0. The van der Waals surface area contributed by atoms with Gasteiger partial charge < -0.3 is 5.32 Å². The minimum Gasteiger partial charge on any atom is -0.324 e. The van der Waals surface area contributed by atoms with Crippen molar-refractivity contribution in [2.45, 2.75) is 63.2 Å². The summed E-state index contributed by atoms with van der Waals surface area (Å²) in [6, 6.07) is 3.15. The van der Waals surface area contributed by atoms with Crippen LogP contribution in [0.4, 0.5) is 24.5 Å². The summed E-state index contributed by atoms with van der Waals surface area (Å²) in [6.45, 7) is 8.53. The Kier molecular flexibility index (Phi) is 5.22. The predicted molar refractivity (Wildman–Crippen MR) is 94.6 cm³/mol. The van der Waals surface area contributed by atoms with Gasteiger partial charge in [-0.2, -0.15) is 23.4 Å². The van der Waals surface area contributed by atoms with Crippen LogP contribution in [0.1, 0.15) is 51.0 Å². The van der Waals surface area contributed by atoms with Crippen LogP contribution in [-0.4, -0.2) is 17.5 Å². The van der Waals surface area contributed by atoms with Crippen molar-refractivity contribution in [3.05, 3.63) is 35.2 Å². The third-order valence-corrected chi connectivity index (χ3v) is 5.40. The lowest BCUT2D eigenvalue weighted by Crippen LogP contribution is -2.39. The molecule has 1 fully saturated rings. The lowest BCUT2D eigenvalue weighted by molar-refractivity contribution is -0.136. The molecule has 2 aliphatic rings. The van der Waals surface area contributed by atoms with Gasteiger partial charge in [0.15, 0.2) is 11.2 Å². The van der Waals surface area contributed by atoms with E-state index in [4.69, 9.17) is 6.57 Å². The monoisotopic (exact) mass is 378 g/mol. The Hall–Kier alpha value is -2.43. The Labute approximate surface area is 155 Å². The van der Waals surface area contributed by atoms with Crippen LogP contribution in [0.3, 0.4) is 0 Å². The van der Waals surface area contributed by atoms with Crippen molar-refractivity contribution in [2.24, 2.45) is 16.1 Å². The molecule has 0 saturated heterocycles. The Bertz CT molecular complexity index is 793. The summed E-state index contributed by atoms with van der Waals surface area (Å²) in [6.07, 6.45) is 1.50. The van der Waals surface area contributed by atoms with Gasteiger partial charge in [0.05, 0.1) is 18.2 Å². The van der Waals surface area contributed by atoms with Crippen LogP contribution in [0.15, 0.2) is 28.4 Å². The number of alkyl halides is 3. The fourth-order valence-electron chi connectivity index (χ4n) is 3.81. The maximum Gasteiger partial charge on any atom is 0.407 e. The molecule has 3 rings (SSSR count). The molecule has 27 heavy (non-hydrogen) atoms. The second-order valence-corrected chi connectivity index (χ2v) is 7.45. The van der Waals surface area contributed by atoms with Crippen LogP contribution < -0.4 is 5.32 Å². The first-order valence-corrected chi connectivity index (χ1v) is 9.05. The second kappa shape index (κ2) is 7.29. The normalized spacial score (nSPS) is 26.0. The van der Waals surface area contributed by atoms with Crippen LogP contribution in [0.25, 0.3) is 4.85 Å². The molecule has 1 aliphatic heterocycles. The summed E-state index contributed by atoms with van der Waals surface area (Å²) in [4.78, 5) is 15.6. The number of rotatable bonds is 3. The van der Waals surface area contributed by atoms with E-state index in [1.807, 2.05) is 0 Å². The minimum atomic E-state index is -4.66. The van der Waals surface area contributed by atoms with Crippen LogP contribution in [-0.2, 0) is 11.0 Å². The van der Waals surface area contributed by atoms with Crippen molar-refractivity contribution in [3.63, 3.8) is 0 Å². The summed E-state index contributed by atoms with van der Waals surface area (Å²) in [5.41, 5.74) is -2.64. The Morgan fingerprint density at radius 2 is 2.00 bits per heavy atom. The van der Waals surface area contributed by atoms with Gasteiger partial charge in [-0.1, -0.05) is 25.3 Å². The van der Waals surface area contributed by atoms with Gasteiger partial charge in [-0.15, -0.1) is 0 Å². The lowest BCUT2D eigenvalue weighted by Gasteiger charge is -2.26. The Balaban J connectivity index is 1.72. The topological polar surface area (TPSA) is 58.2 Å². The molecule has 0 aromatic heterocycles. The molecule has 1 aromatic rings. The van der Waals surface area contributed by atoms with Crippen LogP contribution in [0, 0.1) is 12.5 Å². The highest BCUT2D eigenvalue weighted by molar-refractivity contribution is 5.98. The third-order valence-electron chi connectivity index (χ3n) is 5.40.